The maximum atomic E-state index is 10.7. The molecule has 2 unspecified atom stereocenters. The van der Waals surface area contributed by atoms with E-state index in [-0.39, 0.29) is 0 Å². The lowest BCUT2D eigenvalue weighted by Crippen LogP contribution is -2.33. The summed E-state index contributed by atoms with van der Waals surface area (Å²) >= 11 is 0. The van der Waals surface area contributed by atoms with E-state index in [1.165, 1.54) is 17.2 Å². The van der Waals surface area contributed by atoms with Crippen molar-refractivity contribution in [3.8, 4) is 0 Å². The molecule has 0 saturated carbocycles. The summed E-state index contributed by atoms with van der Waals surface area (Å²) in [7, 11) is -4.71. The van der Waals surface area contributed by atoms with Gasteiger partial charge in [-0.05, 0) is 0 Å². The predicted octanol–water partition coefficient (Wildman–Crippen LogP) is -1.98. The number of phosphoric ester groups is 1. The van der Waals surface area contributed by atoms with Crippen LogP contribution in [0, 0.1) is 0 Å². The number of hydrogen-bond acceptors (Lipinski definition) is 9. The minimum absolute atomic E-state index is 0.438. The molecule has 3 rings (SSSR count). The molecular formula is C10H16N5O7P. The summed E-state index contributed by atoms with van der Waals surface area (Å²) < 4.78 is 21.9. The van der Waals surface area contributed by atoms with Crippen LogP contribution in [0.2, 0.25) is 0 Å². The van der Waals surface area contributed by atoms with E-state index in [1.54, 1.807) is 0 Å². The molecule has 2 aliphatic rings. The fourth-order valence-corrected chi connectivity index (χ4v) is 2.79. The van der Waals surface area contributed by atoms with Crippen molar-refractivity contribution in [2.45, 2.75) is 30.7 Å². The van der Waals surface area contributed by atoms with E-state index in [0.717, 1.165) is 0 Å². The van der Waals surface area contributed by atoms with E-state index >= 15 is 0 Å². The zero-order valence-electron chi connectivity index (χ0n) is 11.6. The predicted molar refractivity (Wildman–Crippen MR) is 75.2 cm³/mol. The summed E-state index contributed by atoms with van der Waals surface area (Å²) in [4.78, 5) is 25.4. The highest BCUT2D eigenvalue weighted by atomic mass is 31.2. The van der Waals surface area contributed by atoms with Crippen LogP contribution < -0.4 is 11.1 Å². The minimum Gasteiger partial charge on any atom is -0.387 e. The van der Waals surface area contributed by atoms with E-state index in [4.69, 9.17) is 20.3 Å². The molecule has 23 heavy (non-hydrogen) atoms. The van der Waals surface area contributed by atoms with Crippen LogP contribution in [0.5, 0.6) is 0 Å². The molecule has 0 spiro atoms. The number of nitrogens with one attached hydrogen (secondary N) is 1. The van der Waals surface area contributed by atoms with Gasteiger partial charge in [-0.3, -0.25) is 14.1 Å². The number of rotatable bonds is 4. The standard InChI is InChI=1S/C10H16N5O7P/c11-8-5-9(13-2-12-8)15(3-14-5)10-7(17)6(16)4(22-10)1-21-23(18,19)20/h2-4,6-8,10,16-17H,1,11H2,(H,12,13)(H2,18,19,20)/t4-,6?,7+,8?,10-/m1/s1. The highest BCUT2D eigenvalue weighted by Gasteiger charge is 2.45. The third-order valence-corrected chi connectivity index (χ3v) is 4.04. The van der Waals surface area contributed by atoms with Gasteiger partial charge in [-0.2, -0.15) is 0 Å². The summed E-state index contributed by atoms with van der Waals surface area (Å²) in [5.41, 5.74) is 6.21. The second-order valence-corrected chi connectivity index (χ2v) is 6.33. The normalized spacial score (nSPS) is 33.5. The Bertz CT molecular complexity index is 660. The van der Waals surface area contributed by atoms with Crippen LogP contribution in [-0.2, 0) is 13.8 Å². The number of aliphatic imine (C=N–C) groups is 1. The quantitative estimate of drug-likeness (QED) is 0.333. The number of aromatic nitrogens is 2. The van der Waals surface area contributed by atoms with Crippen LogP contribution in [0.4, 0.5) is 5.82 Å². The Balaban J connectivity index is 1.78. The zero-order valence-corrected chi connectivity index (χ0v) is 12.5. The Hall–Kier alpha value is -1.37. The van der Waals surface area contributed by atoms with Crippen LogP contribution in [0.1, 0.15) is 18.1 Å². The second kappa shape index (κ2) is 5.92. The molecule has 3 heterocycles. The van der Waals surface area contributed by atoms with Gasteiger partial charge in [0.2, 0.25) is 0 Å². The second-order valence-electron chi connectivity index (χ2n) is 5.09. The van der Waals surface area contributed by atoms with Gasteiger partial charge in [-0.25, -0.2) is 9.55 Å². The Labute approximate surface area is 129 Å². The van der Waals surface area contributed by atoms with Gasteiger partial charge >= 0.3 is 7.82 Å². The zero-order chi connectivity index (χ0) is 16.8. The largest absolute Gasteiger partial charge is 0.469 e. The summed E-state index contributed by atoms with van der Waals surface area (Å²) in [6, 6.07) is 0. The van der Waals surface area contributed by atoms with Crippen molar-refractivity contribution in [1.82, 2.24) is 9.55 Å². The molecule has 1 saturated heterocycles. The van der Waals surface area contributed by atoms with Crippen LogP contribution >= 0.6 is 7.82 Å². The smallest absolute Gasteiger partial charge is 0.387 e. The van der Waals surface area contributed by atoms with E-state index in [2.05, 4.69) is 19.8 Å². The van der Waals surface area contributed by atoms with Crippen LogP contribution in [-0.4, -0.2) is 60.8 Å². The number of nitrogens with zero attached hydrogens (tertiary/aromatic N) is 3. The first-order valence-corrected chi connectivity index (χ1v) is 8.13. The summed E-state index contributed by atoms with van der Waals surface area (Å²) in [6.45, 7) is -0.579. The summed E-state index contributed by atoms with van der Waals surface area (Å²) in [6.07, 6.45) is -2.82. The van der Waals surface area contributed by atoms with Crippen molar-refractivity contribution in [2.24, 2.45) is 10.7 Å². The molecule has 12 nitrogen and oxygen atoms in total. The fraction of sp³-hybridized carbons (Fsp3) is 0.600. The van der Waals surface area contributed by atoms with Gasteiger partial charge in [0.05, 0.1) is 19.3 Å². The number of aliphatic hydroxyl groups is 2. The third-order valence-electron chi connectivity index (χ3n) is 3.56. The van der Waals surface area contributed by atoms with Gasteiger partial charge in [0.1, 0.15) is 36.0 Å². The number of fused-ring (bicyclic) bond motifs is 1. The summed E-state index contributed by atoms with van der Waals surface area (Å²) in [5.74, 6) is 0.445. The molecule has 1 fully saturated rings. The lowest BCUT2D eigenvalue weighted by molar-refractivity contribution is -0.0511. The Morgan fingerprint density at radius 3 is 2.87 bits per heavy atom. The molecule has 0 amide bonds. The molecule has 0 aromatic carbocycles. The van der Waals surface area contributed by atoms with Crippen molar-refractivity contribution in [3.63, 3.8) is 0 Å². The molecular weight excluding hydrogens is 333 g/mol. The molecule has 7 N–H and O–H groups in total. The average Bonchev–Trinajstić information content (AvgIpc) is 3.01. The third kappa shape index (κ3) is 3.16. The van der Waals surface area contributed by atoms with Crippen LogP contribution in [0.15, 0.2) is 11.3 Å². The molecule has 0 radical (unpaired) electrons. The molecule has 5 atom stereocenters. The fourth-order valence-electron chi connectivity index (χ4n) is 2.45. The van der Waals surface area contributed by atoms with Crippen LogP contribution in [0.25, 0.3) is 0 Å². The minimum atomic E-state index is -4.71. The molecule has 13 heteroatoms. The highest BCUT2D eigenvalue weighted by molar-refractivity contribution is 7.46. The number of aliphatic hydroxyl groups excluding tert-OH is 2. The Kier molecular flexibility index (Phi) is 4.25. The van der Waals surface area contributed by atoms with Crippen molar-refractivity contribution < 1.29 is 33.8 Å². The lowest BCUT2D eigenvalue weighted by atomic mass is 10.1. The SMILES string of the molecule is NC1N=CNc2c1ncn2[C@@H]1O[C@H](COP(=O)(O)O)C(O)[C@@H]1O. The number of phosphoric acid groups is 1. The van der Waals surface area contributed by atoms with Gasteiger partial charge in [-0.1, -0.05) is 0 Å². The topological polar surface area (TPSA) is 185 Å². The highest BCUT2D eigenvalue weighted by Crippen LogP contribution is 2.39. The van der Waals surface area contributed by atoms with Gasteiger partial charge in [-0.15, -0.1) is 0 Å². The number of anilines is 1. The van der Waals surface area contributed by atoms with Crippen molar-refractivity contribution in [3.05, 3.63) is 12.0 Å². The molecule has 1 aromatic heterocycles. The van der Waals surface area contributed by atoms with Crippen molar-refractivity contribution in [2.75, 3.05) is 11.9 Å². The van der Waals surface area contributed by atoms with Crippen LogP contribution in [0.3, 0.4) is 0 Å². The van der Waals surface area contributed by atoms with Crippen molar-refractivity contribution in [1.29, 1.82) is 0 Å². The average molecular weight is 349 g/mol. The lowest BCUT2D eigenvalue weighted by Gasteiger charge is -2.21. The number of ether oxygens (including phenoxy) is 1. The summed E-state index contributed by atoms with van der Waals surface area (Å²) in [5, 5.41) is 22.9. The maximum absolute atomic E-state index is 10.7. The molecule has 0 aliphatic carbocycles. The Morgan fingerprint density at radius 2 is 2.17 bits per heavy atom. The van der Waals surface area contributed by atoms with Gasteiger partial charge < -0.3 is 35.8 Å². The molecule has 128 valence electrons. The molecule has 0 bridgehead atoms. The molecule has 1 aromatic rings. The Morgan fingerprint density at radius 1 is 1.43 bits per heavy atom. The first kappa shape index (κ1) is 16.5. The van der Waals surface area contributed by atoms with Gasteiger partial charge in [0, 0.05) is 0 Å². The molecule has 2 aliphatic heterocycles. The van der Waals surface area contributed by atoms with E-state index in [0.29, 0.717) is 11.5 Å². The number of nitrogens with two attached hydrogens (primary N) is 1. The van der Waals surface area contributed by atoms with Gasteiger partial charge in [0.15, 0.2) is 6.23 Å². The van der Waals surface area contributed by atoms with E-state index < -0.39 is 45.1 Å². The monoisotopic (exact) mass is 349 g/mol. The maximum Gasteiger partial charge on any atom is 0.469 e. The van der Waals surface area contributed by atoms with Gasteiger partial charge in [0.25, 0.3) is 0 Å². The first-order chi connectivity index (χ1) is 10.8. The van der Waals surface area contributed by atoms with E-state index in [9.17, 15) is 14.8 Å². The number of imidazole rings is 1. The number of hydrogen-bond donors (Lipinski definition) is 6. The van der Waals surface area contributed by atoms with E-state index in [1.807, 2.05) is 0 Å². The van der Waals surface area contributed by atoms with Crippen molar-refractivity contribution >= 4 is 20.0 Å². The first-order valence-electron chi connectivity index (χ1n) is 6.60.